The SMILES string of the molecule is CC(C)NCc1ccc(F)c(-c2ccc(F)c(F)c2)c1. The van der Waals surface area contributed by atoms with Gasteiger partial charge in [0, 0.05) is 18.2 Å². The molecule has 0 aliphatic carbocycles. The number of hydrogen-bond donors (Lipinski definition) is 1. The molecule has 2 rings (SSSR count). The molecule has 0 unspecified atom stereocenters. The zero-order valence-corrected chi connectivity index (χ0v) is 11.4. The Kier molecular flexibility index (Phi) is 4.45. The van der Waals surface area contributed by atoms with Crippen molar-refractivity contribution in [2.75, 3.05) is 0 Å². The van der Waals surface area contributed by atoms with Crippen LogP contribution in [0.25, 0.3) is 11.1 Å². The predicted octanol–water partition coefficient (Wildman–Crippen LogP) is 4.27. The second-order valence-corrected chi connectivity index (χ2v) is 4.98. The van der Waals surface area contributed by atoms with Crippen LogP contribution in [-0.2, 0) is 6.54 Å². The lowest BCUT2D eigenvalue weighted by atomic mass is 10.0. The number of nitrogens with one attached hydrogen (secondary N) is 1. The van der Waals surface area contributed by atoms with Gasteiger partial charge in [-0.2, -0.15) is 0 Å². The van der Waals surface area contributed by atoms with E-state index < -0.39 is 17.5 Å². The van der Waals surface area contributed by atoms with Gasteiger partial charge in [0.1, 0.15) is 5.82 Å². The van der Waals surface area contributed by atoms with Crippen molar-refractivity contribution in [3.05, 3.63) is 59.4 Å². The molecule has 0 aliphatic rings. The lowest BCUT2D eigenvalue weighted by molar-refractivity contribution is 0.509. The van der Waals surface area contributed by atoms with Crippen LogP contribution in [0.4, 0.5) is 13.2 Å². The van der Waals surface area contributed by atoms with Crippen molar-refractivity contribution in [1.82, 2.24) is 5.32 Å². The highest BCUT2D eigenvalue weighted by Crippen LogP contribution is 2.25. The maximum atomic E-state index is 13.8. The molecule has 0 bridgehead atoms. The Morgan fingerprint density at radius 3 is 2.25 bits per heavy atom. The van der Waals surface area contributed by atoms with Crippen molar-refractivity contribution >= 4 is 0 Å². The molecule has 2 aromatic rings. The maximum Gasteiger partial charge on any atom is 0.159 e. The van der Waals surface area contributed by atoms with Crippen LogP contribution < -0.4 is 5.32 Å². The highest BCUT2D eigenvalue weighted by atomic mass is 19.2. The van der Waals surface area contributed by atoms with Crippen LogP contribution in [-0.4, -0.2) is 6.04 Å². The minimum atomic E-state index is -0.979. The fourth-order valence-electron chi connectivity index (χ4n) is 1.89. The molecule has 0 saturated heterocycles. The van der Waals surface area contributed by atoms with Gasteiger partial charge in [-0.05, 0) is 35.4 Å². The smallest absolute Gasteiger partial charge is 0.159 e. The molecule has 0 spiro atoms. The van der Waals surface area contributed by atoms with Crippen LogP contribution in [0.5, 0.6) is 0 Å². The van der Waals surface area contributed by atoms with Crippen LogP contribution in [0.15, 0.2) is 36.4 Å². The largest absolute Gasteiger partial charge is 0.310 e. The van der Waals surface area contributed by atoms with E-state index in [1.165, 1.54) is 12.1 Å². The van der Waals surface area contributed by atoms with Gasteiger partial charge in [0.2, 0.25) is 0 Å². The summed E-state index contributed by atoms with van der Waals surface area (Å²) in [5, 5.41) is 3.22. The Morgan fingerprint density at radius 2 is 1.60 bits per heavy atom. The molecule has 0 fully saturated rings. The average Bonchev–Trinajstić information content (AvgIpc) is 2.41. The van der Waals surface area contributed by atoms with E-state index in [0.29, 0.717) is 18.2 Å². The fraction of sp³-hybridized carbons (Fsp3) is 0.250. The lowest BCUT2D eigenvalue weighted by Crippen LogP contribution is -2.21. The van der Waals surface area contributed by atoms with Crippen LogP contribution in [0.3, 0.4) is 0 Å². The molecule has 0 aliphatic heterocycles. The molecule has 0 heterocycles. The summed E-state index contributed by atoms with van der Waals surface area (Å²) in [6.45, 7) is 4.62. The van der Waals surface area contributed by atoms with Crippen molar-refractivity contribution in [1.29, 1.82) is 0 Å². The first kappa shape index (κ1) is 14.6. The quantitative estimate of drug-likeness (QED) is 0.881. The van der Waals surface area contributed by atoms with Crippen LogP contribution in [0.1, 0.15) is 19.4 Å². The van der Waals surface area contributed by atoms with Crippen molar-refractivity contribution in [3.63, 3.8) is 0 Å². The summed E-state index contributed by atoms with van der Waals surface area (Å²) >= 11 is 0. The van der Waals surface area contributed by atoms with Crippen molar-refractivity contribution in [3.8, 4) is 11.1 Å². The molecule has 4 heteroatoms. The monoisotopic (exact) mass is 279 g/mol. The van der Waals surface area contributed by atoms with E-state index in [9.17, 15) is 13.2 Å². The summed E-state index contributed by atoms with van der Waals surface area (Å²) in [5.41, 5.74) is 1.49. The molecule has 0 amide bonds. The van der Waals surface area contributed by atoms with E-state index in [2.05, 4.69) is 5.32 Å². The van der Waals surface area contributed by atoms with Gasteiger partial charge in [0.25, 0.3) is 0 Å². The van der Waals surface area contributed by atoms with Crippen LogP contribution in [0, 0.1) is 17.5 Å². The Bertz CT molecular complexity index is 609. The van der Waals surface area contributed by atoms with E-state index in [-0.39, 0.29) is 5.56 Å². The third kappa shape index (κ3) is 3.39. The number of rotatable bonds is 4. The topological polar surface area (TPSA) is 12.0 Å². The lowest BCUT2D eigenvalue weighted by Gasteiger charge is -2.10. The molecule has 1 nitrogen and oxygen atoms in total. The average molecular weight is 279 g/mol. The normalized spacial score (nSPS) is 11.1. The zero-order valence-electron chi connectivity index (χ0n) is 11.4. The van der Waals surface area contributed by atoms with Gasteiger partial charge in [-0.25, -0.2) is 13.2 Å². The molecule has 1 N–H and O–H groups in total. The Morgan fingerprint density at radius 1 is 0.900 bits per heavy atom. The van der Waals surface area contributed by atoms with Gasteiger partial charge >= 0.3 is 0 Å². The van der Waals surface area contributed by atoms with E-state index in [4.69, 9.17) is 0 Å². The van der Waals surface area contributed by atoms with Gasteiger partial charge in [0.15, 0.2) is 11.6 Å². The van der Waals surface area contributed by atoms with Crippen LogP contribution >= 0.6 is 0 Å². The Labute approximate surface area is 116 Å². The van der Waals surface area contributed by atoms with Crippen molar-refractivity contribution in [2.45, 2.75) is 26.4 Å². The highest BCUT2D eigenvalue weighted by Gasteiger charge is 2.10. The van der Waals surface area contributed by atoms with Crippen molar-refractivity contribution < 1.29 is 13.2 Å². The van der Waals surface area contributed by atoms with E-state index in [0.717, 1.165) is 17.7 Å². The van der Waals surface area contributed by atoms with Gasteiger partial charge in [-0.3, -0.25) is 0 Å². The summed E-state index contributed by atoms with van der Waals surface area (Å²) in [4.78, 5) is 0. The summed E-state index contributed by atoms with van der Waals surface area (Å²) in [6, 6.07) is 8.36. The second-order valence-electron chi connectivity index (χ2n) is 4.98. The van der Waals surface area contributed by atoms with E-state index >= 15 is 0 Å². The fourth-order valence-corrected chi connectivity index (χ4v) is 1.89. The molecule has 0 aromatic heterocycles. The summed E-state index contributed by atoms with van der Waals surface area (Å²) < 4.78 is 40.0. The van der Waals surface area contributed by atoms with Gasteiger partial charge in [0.05, 0.1) is 0 Å². The first-order valence-electron chi connectivity index (χ1n) is 6.44. The number of halogens is 3. The minimum Gasteiger partial charge on any atom is -0.310 e. The number of benzene rings is 2. The van der Waals surface area contributed by atoms with E-state index in [1.54, 1.807) is 12.1 Å². The van der Waals surface area contributed by atoms with Gasteiger partial charge in [-0.1, -0.05) is 26.0 Å². The second kappa shape index (κ2) is 6.09. The standard InChI is InChI=1S/C16H16F3N/c1-10(2)20-9-11-3-5-14(17)13(7-11)12-4-6-15(18)16(19)8-12/h3-8,10,20H,9H2,1-2H3. The minimum absolute atomic E-state index is 0.270. The molecule has 20 heavy (non-hydrogen) atoms. The molecule has 106 valence electrons. The van der Waals surface area contributed by atoms with E-state index in [1.807, 2.05) is 13.8 Å². The Hall–Kier alpha value is -1.81. The molecule has 2 aromatic carbocycles. The molecule has 0 atom stereocenters. The van der Waals surface area contributed by atoms with Gasteiger partial charge < -0.3 is 5.32 Å². The third-order valence-corrected chi connectivity index (χ3v) is 2.98. The summed E-state index contributed by atoms with van der Waals surface area (Å²) in [6.07, 6.45) is 0. The summed E-state index contributed by atoms with van der Waals surface area (Å²) in [7, 11) is 0. The Balaban J connectivity index is 2.34. The third-order valence-electron chi connectivity index (χ3n) is 2.98. The molecule has 0 radical (unpaired) electrons. The molecular weight excluding hydrogens is 263 g/mol. The first-order chi connectivity index (χ1) is 9.47. The molecular formula is C16H16F3N. The summed E-state index contributed by atoms with van der Waals surface area (Å²) in [5.74, 6) is -2.37. The van der Waals surface area contributed by atoms with Gasteiger partial charge in [-0.15, -0.1) is 0 Å². The molecule has 0 saturated carbocycles. The number of hydrogen-bond acceptors (Lipinski definition) is 1. The predicted molar refractivity (Wildman–Crippen MR) is 73.7 cm³/mol. The van der Waals surface area contributed by atoms with Crippen LogP contribution in [0.2, 0.25) is 0 Å². The van der Waals surface area contributed by atoms with Crippen molar-refractivity contribution in [2.24, 2.45) is 0 Å². The highest BCUT2D eigenvalue weighted by molar-refractivity contribution is 5.65. The maximum absolute atomic E-state index is 13.8. The first-order valence-corrected chi connectivity index (χ1v) is 6.44. The zero-order chi connectivity index (χ0) is 14.7.